The molecule has 1 fully saturated rings. The molecule has 1 aromatic heterocycles. The Morgan fingerprint density at radius 2 is 1.74 bits per heavy atom. The largest absolute Gasteiger partial charge is 0.496 e. The summed E-state index contributed by atoms with van der Waals surface area (Å²) in [6, 6.07) is 19.0. The van der Waals surface area contributed by atoms with Crippen molar-refractivity contribution in [2.24, 2.45) is 0 Å². The van der Waals surface area contributed by atoms with Crippen LogP contribution in [0, 0.1) is 0 Å². The number of likely N-dealkylation sites (tertiary alicyclic amines) is 1. The molecule has 4 aromatic rings. The molecule has 226 valence electrons. The average Bonchev–Trinajstić information content (AvgIpc) is 3.01. The van der Waals surface area contributed by atoms with Crippen LogP contribution in [0.25, 0.3) is 22.3 Å². The molecule has 0 saturated carbocycles. The first-order valence-electron chi connectivity index (χ1n) is 14.4. The Kier molecular flexibility index (Phi) is 9.27. The zero-order valence-electron chi connectivity index (χ0n) is 23.8. The number of aliphatic carboxylic acids is 1. The number of ether oxygens (including phenoxy) is 1. The summed E-state index contributed by atoms with van der Waals surface area (Å²) in [5.41, 5.74) is 3.48. The standard InChI is InChI=1S/C33H34F3N3O4/c1-43-29-20-24(33(34,35)36)12-13-25(29)31-27(9-5-6-10-30(40)41)37-28-19-23(11-14-26(28)38-31)32(42)39-17-15-22(16-18-39)21-7-3-2-4-8-21/h2-4,7-8,11-14,19-20,22,32,42H,5-6,9-10,15-18H2,1H3,(H,40,41). The lowest BCUT2D eigenvalue weighted by molar-refractivity contribution is -0.138. The molecule has 1 aliphatic rings. The van der Waals surface area contributed by atoms with E-state index in [-0.39, 0.29) is 12.2 Å². The quantitative estimate of drug-likeness (QED) is 0.191. The minimum absolute atomic E-state index is 0.00273. The molecule has 2 N–H and O–H groups in total. The Morgan fingerprint density at radius 3 is 2.42 bits per heavy atom. The van der Waals surface area contributed by atoms with Gasteiger partial charge >= 0.3 is 12.1 Å². The van der Waals surface area contributed by atoms with Gasteiger partial charge in [0.2, 0.25) is 0 Å². The Balaban J connectivity index is 1.43. The van der Waals surface area contributed by atoms with Gasteiger partial charge in [-0.1, -0.05) is 36.4 Å². The second-order valence-electron chi connectivity index (χ2n) is 10.9. The molecule has 0 bridgehead atoms. The molecule has 2 heterocycles. The summed E-state index contributed by atoms with van der Waals surface area (Å²) < 4.78 is 45.5. The number of aryl methyl sites for hydroxylation is 1. The van der Waals surface area contributed by atoms with Crippen LogP contribution in [0.1, 0.15) is 66.6 Å². The van der Waals surface area contributed by atoms with Crippen molar-refractivity contribution in [2.75, 3.05) is 20.2 Å². The molecule has 3 aromatic carbocycles. The Hall–Kier alpha value is -4.02. The first kappa shape index (κ1) is 30.4. The molecule has 43 heavy (non-hydrogen) atoms. The van der Waals surface area contributed by atoms with E-state index in [1.165, 1.54) is 18.7 Å². The van der Waals surface area contributed by atoms with Crippen molar-refractivity contribution in [1.82, 2.24) is 14.9 Å². The fraction of sp³-hybridized carbons (Fsp3) is 0.364. The molecule has 1 atom stereocenters. The number of halogens is 3. The first-order valence-corrected chi connectivity index (χ1v) is 14.4. The van der Waals surface area contributed by atoms with Gasteiger partial charge in [0.15, 0.2) is 0 Å². The minimum Gasteiger partial charge on any atom is -0.496 e. The summed E-state index contributed by atoms with van der Waals surface area (Å²) in [5, 5.41) is 20.3. The molecule has 0 radical (unpaired) electrons. The smallest absolute Gasteiger partial charge is 0.416 e. The minimum atomic E-state index is -4.53. The summed E-state index contributed by atoms with van der Waals surface area (Å²) in [6.07, 6.45) is -2.20. The second kappa shape index (κ2) is 13.1. The topological polar surface area (TPSA) is 95.8 Å². The van der Waals surface area contributed by atoms with Gasteiger partial charge in [0.05, 0.1) is 35.1 Å². The Bertz CT molecular complexity index is 1570. The number of hydrogen-bond acceptors (Lipinski definition) is 6. The van der Waals surface area contributed by atoms with E-state index in [0.29, 0.717) is 58.7 Å². The number of unbranched alkanes of at least 4 members (excludes halogenated alkanes) is 1. The number of carboxylic acids is 1. The summed E-state index contributed by atoms with van der Waals surface area (Å²) in [6.45, 7) is 1.48. The number of rotatable bonds is 10. The van der Waals surface area contributed by atoms with Crippen molar-refractivity contribution in [2.45, 2.75) is 56.8 Å². The number of carbonyl (C=O) groups is 1. The number of aliphatic hydroxyl groups is 1. The van der Waals surface area contributed by atoms with Gasteiger partial charge in [-0.05, 0) is 79.5 Å². The number of aromatic nitrogens is 2. The summed E-state index contributed by atoms with van der Waals surface area (Å²) >= 11 is 0. The lowest BCUT2D eigenvalue weighted by atomic mass is 9.89. The SMILES string of the molecule is COc1cc(C(F)(F)F)ccc1-c1nc2ccc(C(O)N3CCC(c4ccccc4)CC3)cc2nc1CCCCC(=O)O. The molecule has 1 saturated heterocycles. The molecular weight excluding hydrogens is 559 g/mol. The van der Waals surface area contributed by atoms with Crippen LogP contribution in [0.3, 0.4) is 0 Å². The first-order chi connectivity index (χ1) is 20.6. The number of carboxylic acid groups (broad SMARTS) is 1. The molecule has 1 aliphatic heterocycles. The number of piperidine rings is 1. The highest BCUT2D eigenvalue weighted by molar-refractivity contribution is 5.81. The van der Waals surface area contributed by atoms with E-state index in [0.717, 1.165) is 38.1 Å². The van der Waals surface area contributed by atoms with Gasteiger partial charge in [0.1, 0.15) is 12.0 Å². The number of methoxy groups -OCH3 is 1. The number of aliphatic hydroxyl groups excluding tert-OH is 1. The fourth-order valence-corrected chi connectivity index (χ4v) is 5.70. The lowest BCUT2D eigenvalue weighted by Crippen LogP contribution is -2.36. The Labute approximate surface area is 248 Å². The summed E-state index contributed by atoms with van der Waals surface area (Å²) in [7, 11) is 1.30. The molecule has 7 nitrogen and oxygen atoms in total. The monoisotopic (exact) mass is 593 g/mol. The van der Waals surface area contributed by atoms with Gasteiger partial charge in [-0.25, -0.2) is 9.97 Å². The normalized spacial score (nSPS) is 15.5. The third kappa shape index (κ3) is 7.14. The van der Waals surface area contributed by atoms with E-state index >= 15 is 0 Å². The highest BCUT2D eigenvalue weighted by atomic mass is 19.4. The highest BCUT2D eigenvalue weighted by Gasteiger charge is 2.32. The summed E-state index contributed by atoms with van der Waals surface area (Å²) in [5.74, 6) is -0.432. The predicted molar refractivity (Wildman–Crippen MR) is 157 cm³/mol. The van der Waals surface area contributed by atoms with Gasteiger partial charge in [-0.15, -0.1) is 0 Å². The summed E-state index contributed by atoms with van der Waals surface area (Å²) in [4.78, 5) is 22.7. The molecule has 0 amide bonds. The van der Waals surface area contributed by atoms with Crippen LogP contribution in [-0.2, 0) is 17.4 Å². The Morgan fingerprint density at radius 1 is 1.00 bits per heavy atom. The number of alkyl halides is 3. The van der Waals surface area contributed by atoms with Crippen LogP contribution in [0.2, 0.25) is 0 Å². The van der Waals surface area contributed by atoms with E-state index in [4.69, 9.17) is 19.8 Å². The molecule has 10 heteroatoms. The lowest BCUT2D eigenvalue weighted by Gasteiger charge is -2.35. The number of benzene rings is 3. The molecule has 5 rings (SSSR count). The van der Waals surface area contributed by atoms with Gasteiger partial charge in [0, 0.05) is 25.1 Å². The van der Waals surface area contributed by atoms with Gasteiger partial charge in [-0.2, -0.15) is 13.2 Å². The van der Waals surface area contributed by atoms with Crippen molar-refractivity contribution >= 4 is 17.0 Å². The van der Waals surface area contributed by atoms with Gasteiger partial charge in [0.25, 0.3) is 0 Å². The van der Waals surface area contributed by atoms with Crippen molar-refractivity contribution in [1.29, 1.82) is 0 Å². The third-order valence-electron chi connectivity index (χ3n) is 8.04. The van der Waals surface area contributed by atoms with E-state index in [2.05, 4.69) is 12.1 Å². The van der Waals surface area contributed by atoms with Crippen LogP contribution in [-0.4, -0.2) is 51.2 Å². The number of nitrogens with zero attached hydrogens (tertiary/aromatic N) is 3. The van der Waals surface area contributed by atoms with Crippen molar-refractivity contribution in [3.63, 3.8) is 0 Å². The van der Waals surface area contributed by atoms with E-state index in [1.807, 2.05) is 23.1 Å². The van der Waals surface area contributed by atoms with Gasteiger partial charge < -0.3 is 14.9 Å². The predicted octanol–water partition coefficient (Wildman–Crippen LogP) is 6.99. The van der Waals surface area contributed by atoms with Crippen LogP contribution < -0.4 is 4.74 Å². The highest BCUT2D eigenvalue weighted by Crippen LogP contribution is 2.38. The average molecular weight is 594 g/mol. The van der Waals surface area contributed by atoms with E-state index in [9.17, 15) is 23.1 Å². The molecular formula is C33H34F3N3O4. The molecule has 0 spiro atoms. The van der Waals surface area contributed by atoms with Crippen LogP contribution in [0.4, 0.5) is 13.2 Å². The maximum Gasteiger partial charge on any atom is 0.416 e. The maximum absolute atomic E-state index is 13.4. The fourth-order valence-electron chi connectivity index (χ4n) is 5.70. The van der Waals surface area contributed by atoms with Crippen molar-refractivity contribution in [3.8, 4) is 17.0 Å². The van der Waals surface area contributed by atoms with Gasteiger partial charge in [-0.3, -0.25) is 9.69 Å². The van der Waals surface area contributed by atoms with Crippen molar-refractivity contribution in [3.05, 3.63) is 89.1 Å². The molecule has 1 unspecified atom stereocenters. The van der Waals surface area contributed by atoms with Crippen LogP contribution >= 0.6 is 0 Å². The third-order valence-corrected chi connectivity index (χ3v) is 8.04. The second-order valence-corrected chi connectivity index (χ2v) is 10.9. The molecule has 0 aliphatic carbocycles. The van der Waals surface area contributed by atoms with Crippen molar-refractivity contribution < 1.29 is 32.9 Å². The zero-order valence-corrected chi connectivity index (χ0v) is 23.8. The van der Waals surface area contributed by atoms with Crippen LogP contribution in [0.5, 0.6) is 5.75 Å². The maximum atomic E-state index is 13.4. The number of hydrogen-bond donors (Lipinski definition) is 2. The van der Waals surface area contributed by atoms with E-state index < -0.39 is 23.9 Å². The van der Waals surface area contributed by atoms with E-state index in [1.54, 1.807) is 18.2 Å². The zero-order chi connectivity index (χ0) is 30.6. The van der Waals surface area contributed by atoms with Crippen LogP contribution in [0.15, 0.2) is 66.7 Å². The number of fused-ring (bicyclic) bond motifs is 1.